The van der Waals surface area contributed by atoms with Gasteiger partial charge in [-0.2, -0.15) is 0 Å². The molecular weight excluding hydrogens is 535 g/mol. The molecule has 1 heteroatoms. The fourth-order valence-electron chi connectivity index (χ4n) is 7.77. The molecule has 0 aliphatic heterocycles. The average molecular weight is 587 g/mol. The minimum absolute atomic E-state index is 0.232. The van der Waals surface area contributed by atoms with Crippen LogP contribution in [0, 0.1) is 0 Å². The Labute approximate surface area is 263 Å². The van der Waals surface area contributed by atoms with E-state index in [-0.39, 0.29) is 7.92 Å². The largest absolute Gasteiger partial charge is 0.0683 e. The summed E-state index contributed by atoms with van der Waals surface area (Å²) < 4.78 is 0. The van der Waals surface area contributed by atoms with Crippen LogP contribution in [0.2, 0.25) is 0 Å². The molecule has 224 valence electrons. The van der Waals surface area contributed by atoms with Gasteiger partial charge in [-0.25, -0.2) is 0 Å². The molecule has 0 bridgehead atoms. The van der Waals surface area contributed by atoms with Crippen molar-refractivity contribution >= 4 is 13.2 Å². The van der Waals surface area contributed by atoms with Crippen LogP contribution in [0.15, 0.2) is 91.0 Å². The Hall–Kier alpha value is -2.69. The third-order valence-corrected chi connectivity index (χ3v) is 13.7. The highest BCUT2D eigenvalue weighted by atomic mass is 31.1. The molecule has 0 radical (unpaired) electrons. The van der Waals surface area contributed by atoms with Crippen molar-refractivity contribution in [1.82, 2.24) is 0 Å². The molecule has 0 saturated heterocycles. The third kappa shape index (κ3) is 6.71. The molecule has 0 amide bonds. The van der Waals surface area contributed by atoms with Crippen LogP contribution in [0.4, 0.5) is 0 Å². The van der Waals surface area contributed by atoms with Crippen molar-refractivity contribution in [3.8, 4) is 33.4 Å². The first-order valence-electron chi connectivity index (χ1n) is 17.2. The summed E-state index contributed by atoms with van der Waals surface area (Å²) in [5.74, 6) is 1.01. The fourth-order valence-corrected chi connectivity index (χ4v) is 11.7. The number of rotatable bonds is 8. The van der Waals surface area contributed by atoms with Crippen molar-refractivity contribution < 1.29 is 0 Å². The van der Waals surface area contributed by atoms with E-state index in [2.05, 4.69) is 119 Å². The summed E-state index contributed by atoms with van der Waals surface area (Å²) in [6, 6.07) is 35.5. The zero-order valence-corrected chi connectivity index (χ0v) is 27.9. The van der Waals surface area contributed by atoms with E-state index in [1.807, 2.05) is 0 Å². The zero-order chi connectivity index (χ0) is 29.8. The van der Waals surface area contributed by atoms with Crippen molar-refractivity contribution in [3.05, 3.63) is 102 Å². The molecule has 6 rings (SSSR count). The molecule has 0 atom stereocenters. The molecule has 0 nitrogen and oxygen atoms in total. The Kier molecular flexibility index (Phi) is 9.84. The minimum Gasteiger partial charge on any atom is -0.0683 e. The minimum atomic E-state index is -0.232. The van der Waals surface area contributed by atoms with E-state index in [4.69, 9.17) is 0 Å². The van der Waals surface area contributed by atoms with Gasteiger partial charge in [0.25, 0.3) is 0 Å². The number of hydrogen-bond donors (Lipinski definition) is 0. The Morgan fingerprint density at radius 2 is 0.930 bits per heavy atom. The Morgan fingerprint density at radius 1 is 0.488 bits per heavy atom. The smallest absolute Gasteiger partial charge is 0.00204 e. The molecule has 4 aromatic carbocycles. The normalized spacial score (nSPS) is 16.8. The van der Waals surface area contributed by atoms with E-state index in [9.17, 15) is 0 Å². The van der Waals surface area contributed by atoms with E-state index in [0.29, 0.717) is 11.8 Å². The lowest BCUT2D eigenvalue weighted by molar-refractivity contribution is 0.487. The molecule has 2 fully saturated rings. The van der Waals surface area contributed by atoms with Gasteiger partial charge >= 0.3 is 0 Å². The topological polar surface area (TPSA) is 0 Å². The quantitative estimate of drug-likeness (QED) is 0.180. The summed E-state index contributed by atoms with van der Waals surface area (Å²) in [5, 5.41) is 1.69. The van der Waals surface area contributed by atoms with Crippen LogP contribution in [0.25, 0.3) is 33.4 Å². The molecular formula is C42H51P. The highest BCUT2D eigenvalue weighted by Gasteiger charge is 2.34. The molecule has 43 heavy (non-hydrogen) atoms. The molecule has 2 aliphatic carbocycles. The maximum Gasteiger partial charge on any atom is -0.00204 e. The summed E-state index contributed by atoms with van der Waals surface area (Å²) in [4.78, 5) is 0. The number of hydrogen-bond acceptors (Lipinski definition) is 0. The van der Waals surface area contributed by atoms with Crippen molar-refractivity contribution in [2.75, 3.05) is 0 Å². The van der Waals surface area contributed by atoms with Gasteiger partial charge in [0.2, 0.25) is 0 Å². The van der Waals surface area contributed by atoms with Gasteiger partial charge in [0, 0.05) is 0 Å². The highest BCUT2D eigenvalue weighted by Crippen LogP contribution is 2.57. The van der Waals surface area contributed by atoms with Gasteiger partial charge in [0.05, 0.1) is 0 Å². The van der Waals surface area contributed by atoms with E-state index in [1.165, 1.54) is 109 Å². The lowest BCUT2D eigenvalue weighted by Crippen LogP contribution is -2.27. The molecule has 0 unspecified atom stereocenters. The fraction of sp³-hybridized carbons (Fsp3) is 0.429. The van der Waals surface area contributed by atoms with Gasteiger partial charge < -0.3 is 0 Å². The standard InChI is InChI=1S/C42H51P/c1-30(2)32-16-13-18-34(28-32)38-25-15-26-39(35-19-14-17-33(29-35)31(3)4)42(38)40-24-11-12-27-41(40)43(36-20-7-5-8-21-36)37-22-9-6-10-23-37/h11-19,24-31,36-37H,5-10,20-23H2,1-4H3. The predicted octanol–water partition coefficient (Wildman–Crippen LogP) is 12.7. The van der Waals surface area contributed by atoms with Crippen LogP contribution in [-0.4, -0.2) is 11.3 Å². The molecule has 2 aliphatic rings. The summed E-state index contributed by atoms with van der Waals surface area (Å²) in [7, 11) is -0.232. The SMILES string of the molecule is CC(C)c1cccc(-c2cccc(-c3cccc(C(C)C)c3)c2-c2ccccc2P(C2CCCCC2)C2CCCCC2)c1. The van der Waals surface area contributed by atoms with Crippen LogP contribution in [0.1, 0.15) is 115 Å². The summed E-state index contributed by atoms with van der Waals surface area (Å²) in [6.45, 7) is 9.24. The van der Waals surface area contributed by atoms with Gasteiger partial charge in [0.1, 0.15) is 0 Å². The van der Waals surface area contributed by atoms with E-state index in [0.717, 1.165) is 11.3 Å². The lowest BCUT2D eigenvalue weighted by Gasteiger charge is -2.40. The van der Waals surface area contributed by atoms with Crippen molar-refractivity contribution in [1.29, 1.82) is 0 Å². The number of benzene rings is 4. The van der Waals surface area contributed by atoms with E-state index < -0.39 is 0 Å². The Morgan fingerprint density at radius 3 is 1.42 bits per heavy atom. The van der Waals surface area contributed by atoms with Gasteiger partial charge in [-0.15, -0.1) is 0 Å². The van der Waals surface area contributed by atoms with Crippen molar-refractivity contribution in [3.63, 3.8) is 0 Å². The van der Waals surface area contributed by atoms with Gasteiger partial charge in [-0.05, 0) is 98.6 Å². The maximum atomic E-state index is 2.56. The highest BCUT2D eigenvalue weighted by molar-refractivity contribution is 7.67. The second-order valence-corrected chi connectivity index (χ2v) is 16.6. The second-order valence-electron chi connectivity index (χ2n) is 13.8. The predicted molar refractivity (Wildman–Crippen MR) is 191 cm³/mol. The first kappa shape index (κ1) is 30.3. The summed E-state index contributed by atoms with van der Waals surface area (Å²) >= 11 is 0. The lowest BCUT2D eigenvalue weighted by atomic mass is 9.86. The second kappa shape index (κ2) is 13.9. The first-order valence-corrected chi connectivity index (χ1v) is 18.7. The molecule has 0 heterocycles. The van der Waals surface area contributed by atoms with Gasteiger partial charge in [-0.1, -0.05) is 165 Å². The van der Waals surface area contributed by atoms with Crippen LogP contribution in [0.3, 0.4) is 0 Å². The molecule has 0 aromatic heterocycles. The molecule has 4 aromatic rings. The van der Waals surface area contributed by atoms with Crippen molar-refractivity contribution in [2.45, 2.75) is 115 Å². The molecule has 2 saturated carbocycles. The summed E-state index contributed by atoms with van der Waals surface area (Å²) in [6.07, 6.45) is 14.3. The van der Waals surface area contributed by atoms with Gasteiger partial charge in [0.15, 0.2) is 0 Å². The third-order valence-electron chi connectivity index (χ3n) is 10.2. The van der Waals surface area contributed by atoms with Crippen LogP contribution >= 0.6 is 7.92 Å². The van der Waals surface area contributed by atoms with Crippen LogP contribution in [0.5, 0.6) is 0 Å². The summed E-state index contributed by atoms with van der Waals surface area (Å²) in [5.41, 5.74) is 13.0. The van der Waals surface area contributed by atoms with Gasteiger partial charge in [-0.3, -0.25) is 0 Å². The van der Waals surface area contributed by atoms with E-state index in [1.54, 1.807) is 5.30 Å². The first-order chi connectivity index (χ1) is 21.0. The average Bonchev–Trinajstić information content (AvgIpc) is 3.06. The monoisotopic (exact) mass is 586 g/mol. The van der Waals surface area contributed by atoms with Crippen LogP contribution in [-0.2, 0) is 0 Å². The van der Waals surface area contributed by atoms with Crippen LogP contribution < -0.4 is 5.30 Å². The van der Waals surface area contributed by atoms with Crippen molar-refractivity contribution in [2.24, 2.45) is 0 Å². The van der Waals surface area contributed by atoms with E-state index >= 15 is 0 Å². The zero-order valence-electron chi connectivity index (χ0n) is 27.0. The Balaban J connectivity index is 1.60. The molecule has 0 N–H and O–H groups in total. The molecule has 0 spiro atoms. The Bertz CT molecular complexity index is 1410. The maximum absolute atomic E-state index is 2.56.